The lowest BCUT2D eigenvalue weighted by Crippen LogP contribution is -2.19. The molecule has 4 aromatic rings. The van der Waals surface area contributed by atoms with Gasteiger partial charge in [0.2, 0.25) is 5.78 Å². The highest BCUT2D eigenvalue weighted by Gasteiger charge is 2.13. The molecule has 0 aliphatic carbocycles. The predicted octanol–water partition coefficient (Wildman–Crippen LogP) is 4.19. The number of benzene rings is 3. The van der Waals surface area contributed by atoms with Gasteiger partial charge < -0.3 is 20.1 Å². The molecule has 3 aromatic carbocycles. The van der Waals surface area contributed by atoms with E-state index in [1.54, 1.807) is 0 Å². The molecule has 3 N–H and O–H groups in total. The first-order valence-electron chi connectivity index (χ1n) is 10.6. The van der Waals surface area contributed by atoms with Crippen molar-refractivity contribution in [3.8, 4) is 16.9 Å². The SMILES string of the molecule is CC(=O)C(N)=O.Cc1cc2c(OCC(=O)O)cccc2n1Cc1ccccc1-c1ccccc1. The molecule has 0 saturated carbocycles. The van der Waals surface area contributed by atoms with Crippen molar-refractivity contribution in [2.45, 2.75) is 20.4 Å². The molecule has 0 bridgehead atoms. The van der Waals surface area contributed by atoms with E-state index >= 15 is 0 Å². The average Bonchev–Trinajstić information content (AvgIpc) is 3.14. The van der Waals surface area contributed by atoms with Gasteiger partial charge in [0.05, 0.1) is 5.52 Å². The van der Waals surface area contributed by atoms with E-state index in [1.807, 2.05) is 24.3 Å². The predicted molar refractivity (Wildman–Crippen MR) is 131 cm³/mol. The van der Waals surface area contributed by atoms with Crippen LogP contribution in [0.4, 0.5) is 0 Å². The summed E-state index contributed by atoms with van der Waals surface area (Å²) in [6, 6.07) is 26.6. The first-order chi connectivity index (χ1) is 16.3. The van der Waals surface area contributed by atoms with Gasteiger partial charge in [0.1, 0.15) is 5.75 Å². The standard InChI is InChI=1S/C24H21NO3.C3H5NO2/c1-17-14-21-22(12-7-13-23(21)28-16-24(26)27)25(17)15-19-10-5-6-11-20(19)18-8-3-2-4-9-18;1-2(5)3(4)6/h2-14H,15-16H2,1H3,(H,26,27);1H3,(H2,4,6). The number of hydrogen-bond donors (Lipinski definition) is 2. The molecule has 0 saturated heterocycles. The van der Waals surface area contributed by atoms with Crippen LogP contribution in [0, 0.1) is 6.92 Å². The highest BCUT2D eigenvalue weighted by Crippen LogP contribution is 2.31. The number of Topliss-reactive ketones (excluding diaryl/α,β-unsaturated/α-hetero) is 1. The molecule has 34 heavy (non-hydrogen) atoms. The largest absolute Gasteiger partial charge is 0.481 e. The van der Waals surface area contributed by atoms with Crippen LogP contribution in [0.1, 0.15) is 18.2 Å². The fraction of sp³-hybridized carbons (Fsp3) is 0.148. The zero-order valence-electron chi connectivity index (χ0n) is 19.0. The van der Waals surface area contributed by atoms with E-state index in [0.29, 0.717) is 5.75 Å². The Morgan fingerprint density at radius 2 is 1.59 bits per heavy atom. The van der Waals surface area contributed by atoms with E-state index in [-0.39, 0.29) is 6.61 Å². The molecular weight excluding hydrogens is 432 g/mol. The number of fused-ring (bicyclic) bond motifs is 1. The van der Waals surface area contributed by atoms with Crippen molar-refractivity contribution in [1.82, 2.24) is 4.57 Å². The van der Waals surface area contributed by atoms with Crippen molar-refractivity contribution in [2.75, 3.05) is 6.61 Å². The Hall–Kier alpha value is -4.39. The number of amides is 1. The number of carboxylic acids is 1. The van der Waals surface area contributed by atoms with Crippen LogP contribution < -0.4 is 10.5 Å². The summed E-state index contributed by atoms with van der Waals surface area (Å²) in [5, 5.41) is 9.84. The van der Waals surface area contributed by atoms with Crippen LogP contribution in [0.25, 0.3) is 22.0 Å². The Bertz CT molecular complexity index is 1310. The Morgan fingerprint density at radius 3 is 2.24 bits per heavy atom. The summed E-state index contributed by atoms with van der Waals surface area (Å²) in [4.78, 5) is 30.1. The number of hydrogen-bond acceptors (Lipinski definition) is 4. The van der Waals surface area contributed by atoms with Crippen LogP contribution in [-0.2, 0) is 20.9 Å². The normalized spacial score (nSPS) is 10.3. The van der Waals surface area contributed by atoms with Crippen molar-refractivity contribution in [3.05, 3.63) is 90.1 Å². The number of carbonyl (C=O) groups excluding carboxylic acids is 2. The van der Waals surface area contributed by atoms with E-state index in [0.717, 1.165) is 30.1 Å². The number of ether oxygens (including phenoxy) is 1. The lowest BCUT2D eigenvalue weighted by molar-refractivity contribution is -0.139. The number of primary amides is 1. The van der Waals surface area contributed by atoms with E-state index in [1.165, 1.54) is 16.7 Å². The van der Waals surface area contributed by atoms with Gasteiger partial charge in [-0.1, -0.05) is 60.7 Å². The van der Waals surface area contributed by atoms with E-state index in [4.69, 9.17) is 9.84 Å². The van der Waals surface area contributed by atoms with E-state index in [2.05, 4.69) is 71.8 Å². The Balaban J connectivity index is 0.000000481. The highest BCUT2D eigenvalue weighted by molar-refractivity contribution is 6.34. The van der Waals surface area contributed by atoms with Crippen LogP contribution in [0.5, 0.6) is 5.75 Å². The van der Waals surface area contributed by atoms with Crippen molar-refractivity contribution >= 4 is 28.6 Å². The Morgan fingerprint density at radius 1 is 0.941 bits per heavy atom. The van der Waals surface area contributed by atoms with Crippen LogP contribution in [-0.4, -0.2) is 33.9 Å². The third kappa shape index (κ3) is 5.89. The number of aryl methyl sites for hydroxylation is 1. The summed E-state index contributed by atoms with van der Waals surface area (Å²) in [5.74, 6) is -1.87. The van der Waals surface area contributed by atoms with Gasteiger partial charge in [0, 0.05) is 24.5 Å². The molecule has 0 spiro atoms. The number of aliphatic carboxylic acids is 1. The van der Waals surface area contributed by atoms with E-state index in [9.17, 15) is 14.4 Å². The number of nitrogens with two attached hydrogens (primary N) is 1. The number of carbonyl (C=O) groups is 3. The van der Waals surface area contributed by atoms with Gasteiger partial charge in [-0.3, -0.25) is 9.59 Å². The molecule has 174 valence electrons. The molecule has 7 heteroatoms. The summed E-state index contributed by atoms with van der Waals surface area (Å²) in [7, 11) is 0. The van der Waals surface area contributed by atoms with Crippen molar-refractivity contribution in [2.24, 2.45) is 5.73 Å². The lowest BCUT2D eigenvalue weighted by Gasteiger charge is -2.14. The first kappa shape index (κ1) is 24.3. The number of nitrogens with zero attached hydrogens (tertiary/aromatic N) is 1. The Kier molecular flexibility index (Phi) is 7.82. The summed E-state index contributed by atoms with van der Waals surface area (Å²) in [6.07, 6.45) is 0. The highest BCUT2D eigenvalue weighted by atomic mass is 16.5. The van der Waals surface area contributed by atoms with Gasteiger partial charge in [-0.2, -0.15) is 0 Å². The molecule has 0 fully saturated rings. The molecule has 0 unspecified atom stereocenters. The van der Waals surface area contributed by atoms with Crippen molar-refractivity contribution in [1.29, 1.82) is 0 Å². The van der Waals surface area contributed by atoms with Crippen LogP contribution in [0.15, 0.2) is 78.9 Å². The van der Waals surface area contributed by atoms with E-state index < -0.39 is 17.7 Å². The third-order valence-corrected chi connectivity index (χ3v) is 5.24. The minimum atomic E-state index is -0.982. The molecule has 7 nitrogen and oxygen atoms in total. The molecule has 1 heterocycles. The summed E-state index contributed by atoms with van der Waals surface area (Å²) in [5.41, 5.74) is 10.2. The van der Waals surface area contributed by atoms with Gasteiger partial charge >= 0.3 is 5.97 Å². The second kappa shape index (κ2) is 11.0. The minimum Gasteiger partial charge on any atom is -0.481 e. The zero-order valence-corrected chi connectivity index (χ0v) is 19.0. The van der Waals surface area contributed by atoms with Gasteiger partial charge in [-0.25, -0.2) is 4.79 Å². The summed E-state index contributed by atoms with van der Waals surface area (Å²) >= 11 is 0. The van der Waals surface area contributed by atoms with Crippen LogP contribution in [0.3, 0.4) is 0 Å². The second-order valence-electron chi connectivity index (χ2n) is 7.69. The van der Waals surface area contributed by atoms with Crippen molar-refractivity contribution in [3.63, 3.8) is 0 Å². The second-order valence-corrected chi connectivity index (χ2v) is 7.69. The van der Waals surface area contributed by atoms with Gasteiger partial charge in [-0.15, -0.1) is 0 Å². The molecule has 0 aliphatic heterocycles. The maximum absolute atomic E-state index is 10.9. The third-order valence-electron chi connectivity index (χ3n) is 5.24. The van der Waals surface area contributed by atoms with Crippen molar-refractivity contribution < 1.29 is 24.2 Å². The van der Waals surface area contributed by atoms with Crippen LogP contribution >= 0.6 is 0 Å². The number of aromatic nitrogens is 1. The average molecular weight is 459 g/mol. The molecule has 0 aliphatic rings. The fourth-order valence-corrected chi connectivity index (χ4v) is 3.59. The minimum absolute atomic E-state index is 0.347. The fourth-order valence-electron chi connectivity index (χ4n) is 3.59. The van der Waals surface area contributed by atoms with Gasteiger partial charge in [0.25, 0.3) is 5.91 Å². The maximum Gasteiger partial charge on any atom is 0.341 e. The smallest absolute Gasteiger partial charge is 0.341 e. The number of ketones is 1. The van der Waals surface area contributed by atoms with Gasteiger partial charge in [0.15, 0.2) is 6.61 Å². The molecule has 0 atom stereocenters. The Labute approximate surface area is 197 Å². The topological polar surface area (TPSA) is 112 Å². The monoisotopic (exact) mass is 458 g/mol. The summed E-state index contributed by atoms with van der Waals surface area (Å²) in [6.45, 7) is 3.57. The lowest BCUT2D eigenvalue weighted by atomic mass is 9.99. The molecular formula is C27H26N2O5. The zero-order chi connectivity index (χ0) is 24.7. The number of carboxylic acid groups (broad SMARTS) is 1. The number of rotatable bonds is 7. The quantitative estimate of drug-likeness (QED) is 0.403. The summed E-state index contributed by atoms with van der Waals surface area (Å²) < 4.78 is 7.72. The molecule has 0 radical (unpaired) electrons. The maximum atomic E-state index is 10.9. The van der Waals surface area contributed by atoms with Gasteiger partial charge in [-0.05, 0) is 41.8 Å². The molecule has 1 aromatic heterocycles. The molecule has 1 amide bonds. The first-order valence-corrected chi connectivity index (χ1v) is 10.6. The molecule has 4 rings (SSSR count). The van der Waals surface area contributed by atoms with Crippen LogP contribution in [0.2, 0.25) is 0 Å².